The summed E-state index contributed by atoms with van der Waals surface area (Å²) < 4.78 is 11.2. The molecule has 5 aliphatic carbocycles. The summed E-state index contributed by atoms with van der Waals surface area (Å²) in [5.74, 6) is -1.11. The van der Waals surface area contributed by atoms with Gasteiger partial charge < -0.3 is 14.6 Å². The fraction of sp³-hybridized carbons (Fsp3) is 0.829. The van der Waals surface area contributed by atoms with E-state index in [-0.39, 0.29) is 75.5 Å². The molecule has 0 aromatic rings. The number of allylic oxidation sites excluding steroid dienone is 2. The molecule has 5 rings (SSSR count). The molecule has 0 spiro atoms. The van der Waals surface area contributed by atoms with E-state index < -0.39 is 17.4 Å². The van der Waals surface area contributed by atoms with E-state index >= 15 is 0 Å². The second-order valence-corrected chi connectivity index (χ2v) is 16.5. The largest absolute Gasteiger partial charge is 0.481 e. The molecule has 0 amide bonds. The maximum Gasteiger partial charge on any atom is 0.311 e. The molecule has 0 aromatic carbocycles. The predicted molar refractivity (Wildman–Crippen MR) is 158 cm³/mol. The number of fused-ring (bicyclic) bond motifs is 7. The van der Waals surface area contributed by atoms with Gasteiger partial charge in [0.05, 0.1) is 25.4 Å². The van der Waals surface area contributed by atoms with E-state index in [9.17, 15) is 19.2 Å². The quantitative estimate of drug-likeness (QED) is 0.350. The molecule has 0 aromatic heterocycles. The highest BCUT2D eigenvalue weighted by Gasteiger charge is 2.70. The van der Waals surface area contributed by atoms with Crippen LogP contribution in [-0.4, -0.2) is 42.0 Å². The molecular formula is C35H52O7. The number of esters is 2. The normalized spacial score (nSPS) is 45.7. The van der Waals surface area contributed by atoms with Crippen molar-refractivity contribution in [1.29, 1.82) is 0 Å². The van der Waals surface area contributed by atoms with E-state index in [0.29, 0.717) is 6.42 Å². The van der Waals surface area contributed by atoms with E-state index in [2.05, 4.69) is 41.5 Å². The Morgan fingerprint density at radius 1 is 0.905 bits per heavy atom. The third-order valence-electron chi connectivity index (χ3n) is 14.0. The number of carboxylic acids is 1. The van der Waals surface area contributed by atoms with Crippen molar-refractivity contribution in [2.75, 3.05) is 7.11 Å². The molecule has 0 aliphatic heterocycles. The zero-order valence-electron chi connectivity index (χ0n) is 27.1. The van der Waals surface area contributed by atoms with E-state index in [1.54, 1.807) is 0 Å². The maximum absolute atomic E-state index is 14.5. The van der Waals surface area contributed by atoms with Crippen molar-refractivity contribution in [1.82, 2.24) is 0 Å². The lowest BCUT2D eigenvalue weighted by molar-refractivity contribution is -0.211. The number of rotatable bonds is 5. The van der Waals surface area contributed by atoms with Gasteiger partial charge in [-0.2, -0.15) is 0 Å². The van der Waals surface area contributed by atoms with Gasteiger partial charge in [0.1, 0.15) is 6.10 Å². The minimum atomic E-state index is -1.00. The van der Waals surface area contributed by atoms with Crippen LogP contribution in [0.5, 0.6) is 0 Å². The van der Waals surface area contributed by atoms with Gasteiger partial charge in [0, 0.05) is 11.3 Å². The molecule has 42 heavy (non-hydrogen) atoms. The van der Waals surface area contributed by atoms with Gasteiger partial charge >= 0.3 is 17.9 Å². The third-order valence-corrected chi connectivity index (χ3v) is 14.0. The van der Waals surface area contributed by atoms with Crippen LogP contribution in [0.2, 0.25) is 0 Å². The lowest BCUT2D eigenvalue weighted by Gasteiger charge is -2.70. The van der Waals surface area contributed by atoms with Gasteiger partial charge in [-0.25, -0.2) is 0 Å². The Balaban J connectivity index is 1.48. The fourth-order valence-electron chi connectivity index (χ4n) is 11.2. The van der Waals surface area contributed by atoms with Crippen LogP contribution >= 0.6 is 0 Å². The standard InChI is InChI=1S/C35H52O7/c1-30(2)24-11-14-35(7)28(33(24,5)13-12-25(30)42-27(39)10-9-26(37)38)23(36)19-21-22-20-32(4,29(40)41-8)16-15-31(22,3)17-18-34(21,35)6/h19,22,24-25,28H,9-18,20H2,1-8H3,(H,37,38)/t22-,24-,25-,28+,31+,32-,33-,34+,35+/m0/s1. The Labute approximate surface area is 251 Å². The van der Waals surface area contributed by atoms with Crippen LogP contribution in [0.25, 0.3) is 0 Å². The molecule has 1 N–H and O–H groups in total. The van der Waals surface area contributed by atoms with Crippen molar-refractivity contribution < 1.29 is 33.8 Å². The maximum atomic E-state index is 14.5. The zero-order chi connectivity index (χ0) is 31.1. The number of aliphatic carboxylic acids is 1. The number of carboxylic acid groups (broad SMARTS) is 1. The minimum absolute atomic E-state index is 0.0774. The second kappa shape index (κ2) is 9.92. The molecule has 7 nitrogen and oxygen atoms in total. The Bertz CT molecular complexity index is 1220. The Kier molecular flexibility index (Phi) is 7.38. The first-order chi connectivity index (χ1) is 19.4. The minimum Gasteiger partial charge on any atom is -0.481 e. The molecule has 0 unspecified atom stereocenters. The average Bonchev–Trinajstić information content (AvgIpc) is 2.90. The molecule has 4 saturated carbocycles. The Morgan fingerprint density at radius 2 is 1.57 bits per heavy atom. The number of hydrogen-bond acceptors (Lipinski definition) is 6. The van der Waals surface area contributed by atoms with E-state index in [0.717, 1.165) is 51.4 Å². The molecule has 4 fully saturated rings. The highest BCUT2D eigenvalue weighted by atomic mass is 16.5. The van der Waals surface area contributed by atoms with Gasteiger partial charge in [-0.15, -0.1) is 0 Å². The lowest BCUT2D eigenvalue weighted by Crippen LogP contribution is -2.66. The molecule has 5 aliphatic rings. The molecule has 0 radical (unpaired) electrons. The van der Waals surface area contributed by atoms with Crippen LogP contribution in [0.3, 0.4) is 0 Å². The highest BCUT2D eigenvalue weighted by molar-refractivity contribution is 5.95. The first-order valence-electron chi connectivity index (χ1n) is 16.1. The number of ether oxygens (including phenoxy) is 2. The number of carbonyl (C=O) groups excluding carboxylic acids is 3. The topological polar surface area (TPSA) is 107 Å². The smallest absolute Gasteiger partial charge is 0.311 e. The summed E-state index contributed by atoms with van der Waals surface area (Å²) in [4.78, 5) is 51.0. The first-order valence-corrected chi connectivity index (χ1v) is 16.1. The average molecular weight is 585 g/mol. The van der Waals surface area contributed by atoms with E-state index in [1.165, 1.54) is 12.7 Å². The van der Waals surface area contributed by atoms with Crippen LogP contribution < -0.4 is 0 Å². The molecule has 9 atom stereocenters. The lowest BCUT2D eigenvalue weighted by atomic mass is 9.33. The van der Waals surface area contributed by atoms with Crippen LogP contribution in [0.15, 0.2) is 11.6 Å². The summed E-state index contributed by atoms with van der Waals surface area (Å²) in [5, 5.41) is 9.00. The van der Waals surface area contributed by atoms with Gasteiger partial charge in [-0.3, -0.25) is 19.2 Å². The van der Waals surface area contributed by atoms with Crippen LogP contribution in [-0.2, 0) is 28.7 Å². The second-order valence-electron chi connectivity index (χ2n) is 16.5. The molecule has 234 valence electrons. The van der Waals surface area contributed by atoms with Crippen molar-refractivity contribution in [2.24, 2.45) is 50.2 Å². The van der Waals surface area contributed by atoms with E-state index in [4.69, 9.17) is 14.6 Å². The van der Waals surface area contributed by atoms with Gasteiger partial charge in [0.15, 0.2) is 5.78 Å². The number of methoxy groups -OCH3 is 1. The SMILES string of the molecule is COC(=O)[C@@]1(C)CC[C@]2(C)CC[C@]3(C)C(=CC(=O)[C@@H]4[C@@]5(C)CC[C@H](OC(=O)CCC(=O)O)C(C)(C)[C@@H]5CC[C@]43C)[C@@H]2C1. The van der Waals surface area contributed by atoms with E-state index in [1.807, 2.05) is 13.0 Å². The Hall–Kier alpha value is -2.18. The summed E-state index contributed by atoms with van der Waals surface area (Å²) >= 11 is 0. The molecule has 0 heterocycles. The predicted octanol–water partition coefficient (Wildman–Crippen LogP) is 6.92. The molecule has 0 bridgehead atoms. The fourth-order valence-corrected chi connectivity index (χ4v) is 11.2. The van der Waals surface area contributed by atoms with Gasteiger partial charge in [-0.1, -0.05) is 47.1 Å². The van der Waals surface area contributed by atoms with Gasteiger partial charge in [-0.05, 0) is 104 Å². The molecule has 7 heteroatoms. The number of ketones is 1. The summed E-state index contributed by atoms with van der Waals surface area (Å²) in [6, 6.07) is 0. The summed E-state index contributed by atoms with van der Waals surface area (Å²) in [6.07, 6.45) is 9.39. The zero-order valence-corrected chi connectivity index (χ0v) is 27.1. The number of hydrogen-bond donors (Lipinski definition) is 1. The van der Waals surface area contributed by atoms with Crippen LogP contribution in [0.4, 0.5) is 0 Å². The van der Waals surface area contributed by atoms with Crippen molar-refractivity contribution in [3.05, 3.63) is 11.6 Å². The van der Waals surface area contributed by atoms with Crippen molar-refractivity contribution in [3.63, 3.8) is 0 Å². The van der Waals surface area contributed by atoms with Gasteiger partial charge in [0.2, 0.25) is 0 Å². The van der Waals surface area contributed by atoms with Crippen LogP contribution in [0.1, 0.15) is 119 Å². The van der Waals surface area contributed by atoms with Crippen molar-refractivity contribution >= 4 is 23.7 Å². The summed E-state index contributed by atoms with van der Waals surface area (Å²) in [5.41, 5.74) is -0.104. The van der Waals surface area contributed by atoms with Crippen molar-refractivity contribution in [2.45, 2.75) is 125 Å². The van der Waals surface area contributed by atoms with Gasteiger partial charge in [0.25, 0.3) is 0 Å². The summed E-state index contributed by atoms with van der Waals surface area (Å²) in [6.45, 7) is 15.9. The first kappa shape index (κ1) is 31.3. The molecular weight excluding hydrogens is 532 g/mol. The monoisotopic (exact) mass is 584 g/mol. The highest BCUT2D eigenvalue weighted by Crippen LogP contribution is 2.75. The number of carbonyl (C=O) groups is 4. The summed E-state index contributed by atoms with van der Waals surface area (Å²) in [7, 11) is 1.48. The van der Waals surface area contributed by atoms with Crippen LogP contribution in [0, 0.1) is 50.2 Å². The Morgan fingerprint density at radius 3 is 2.21 bits per heavy atom. The third kappa shape index (κ3) is 4.33. The van der Waals surface area contributed by atoms with Crippen molar-refractivity contribution in [3.8, 4) is 0 Å². The molecule has 0 saturated heterocycles.